The Labute approximate surface area is 250 Å². The van der Waals surface area contributed by atoms with Crippen molar-refractivity contribution in [3.63, 3.8) is 0 Å². The fourth-order valence-corrected chi connectivity index (χ4v) is 5.20. The lowest BCUT2D eigenvalue weighted by Crippen LogP contribution is -2.42. The number of para-hydroxylation sites is 1. The Morgan fingerprint density at radius 3 is 2.49 bits per heavy atom. The van der Waals surface area contributed by atoms with Crippen molar-refractivity contribution >= 4 is 22.9 Å². The number of rotatable bonds is 10. The summed E-state index contributed by atoms with van der Waals surface area (Å²) in [5, 5.41) is 3.08. The quantitative estimate of drug-likeness (QED) is 0.111. The molecule has 1 unspecified atom stereocenters. The van der Waals surface area contributed by atoms with Gasteiger partial charge in [0.1, 0.15) is 24.0 Å². The lowest BCUT2D eigenvalue weighted by Gasteiger charge is -2.35. The number of aliphatic imine (C=N–C) groups is 1. The number of benzene rings is 3. The molecule has 0 aromatic heterocycles. The number of anilines is 2. The predicted molar refractivity (Wildman–Crippen MR) is 164 cm³/mol. The number of nitrogens with zero attached hydrogens (tertiary/aromatic N) is 2. The Hall–Kier alpha value is -4.25. The molecule has 1 N–H and O–H groups in total. The van der Waals surface area contributed by atoms with E-state index in [-0.39, 0.29) is 29.8 Å². The van der Waals surface area contributed by atoms with Crippen molar-refractivity contribution in [2.45, 2.75) is 64.1 Å². The van der Waals surface area contributed by atoms with Gasteiger partial charge in [-0.2, -0.15) is 0 Å². The number of aryl methyl sites for hydroxylation is 1. The minimum Gasteiger partial charge on any atom is -0.487 e. The Morgan fingerprint density at radius 2 is 1.84 bits per heavy atom. The maximum Gasteiger partial charge on any atom is 0.270 e. The van der Waals surface area contributed by atoms with E-state index in [0.29, 0.717) is 54.3 Å². The van der Waals surface area contributed by atoms with Gasteiger partial charge in [0.25, 0.3) is 5.92 Å². The van der Waals surface area contributed by atoms with E-state index in [1.165, 1.54) is 31.2 Å². The molecule has 0 spiro atoms. The summed E-state index contributed by atoms with van der Waals surface area (Å²) < 4.78 is 63.1. The van der Waals surface area contributed by atoms with Gasteiger partial charge in [-0.1, -0.05) is 48.8 Å². The maximum atomic E-state index is 15.4. The molecule has 0 saturated carbocycles. The van der Waals surface area contributed by atoms with Crippen LogP contribution in [0.15, 0.2) is 77.8 Å². The van der Waals surface area contributed by atoms with Gasteiger partial charge in [-0.15, -0.1) is 0 Å². The third-order valence-corrected chi connectivity index (χ3v) is 7.57. The van der Waals surface area contributed by atoms with Crippen LogP contribution in [0.4, 0.5) is 34.6 Å². The molecule has 224 valence electrons. The Morgan fingerprint density at radius 1 is 1.12 bits per heavy atom. The second-order valence-corrected chi connectivity index (χ2v) is 11.3. The van der Waals surface area contributed by atoms with E-state index in [2.05, 4.69) is 28.6 Å². The SMILES string of the molecule is C=C(CC(C)F)C(=Nc1ccccc1C)N1CCC(Oc2cc(C3C#C3)c(Nc3cccc(C(C)(F)F)c3)cc2F)CC1. The average molecular weight is 590 g/mol. The number of likely N-dealkylation sites (tertiary alicyclic amines) is 1. The van der Waals surface area contributed by atoms with Crippen LogP contribution in [0.25, 0.3) is 0 Å². The van der Waals surface area contributed by atoms with Crippen molar-refractivity contribution in [3.05, 3.63) is 95.3 Å². The molecule has 1 aliphatic carbocycles. The summed E-state index contributed by atoms with van der Waals surface area (Å²) in [6, 6.07) is 16.6. The summed E-state index contributed by atoms with van der Waals surface area (Å²) >= 11 is 0. The predicted octanol–water partition coefficient (Wildman–Crippen LogP) is 8.97. The van der Waals surface area contributed by atoms with E-state index in [4.69, 9.17) is 9.73 Å². The van der Waals surface area contributed by atoms with Crippen LogP contribution in [0.5, 0.6) is 5.75 Å². The molecule has 2 aliphatic rings. The monoisotopic (exact) mass is 589 g/mol. The largest absolute Gasteiger partial charge is 0.487 e. The lowest BCUT2D eigenvalue weighted by molar-refractivity contribution is 0.0175. The smallest absolute Gasteiger partial charge is 0.270 e. The summed E-state index contributed by atoms with van der Waals surface area (Å²) in [5.41, 5.74) is 3.89. The van der Waals surface area contributed by atoms with Crippen LogP contribution in [0.3, 0.4) is 0 Å². The number of hydrogen-bond acceptors (Lipinski definition) is 3. The van der Waals surface area contributed by atoms with E-state index in [9.17, 15) is 13.2 Å². The molecular formula is C35H35F4N3O. The van der Waals surface area contributed by atoms with Crippen molar-refractivity contribution < 1.29 is 22.3 Å². The zero-order valence-corrected chi connectivity index (χ0v) is 24.6. The fourth-order valence-electron chi connectivity index (χ4n) is 5.20. The zero-order chi connectivity index (χ0) is 30.7. The first-order chi connectivity index (χ1) is 20.5. The molecule has 1 fully saturated rings. The molecule has 1 saturated heterocycles. The number of halogens is 4. The molecule has 5 rings (SSSR count). The first kappa shape index (κ1) is 30.2. The Balaban J connectivity index is 1.30. The minimum atomic E-state index is -3.00. The third kappa shape index (κ3) is 7.59. The van der Waals surface area contributed by atoms with Crippen molar-refractivity contribution in [1.29, 1.82) is 0 Å². The van der Waals surface area contributed by atoms with Gasteiger partial charge >= 0.3 is 0 Å². The van der Waals surface area contributed by atoms with Crippen LogP contribution in [-0.2, 0) is 5.92 Å². The molecule has 0 amide bonds. The molecule has 1 aliphatic heterocycles. The Bertz CT molecular complexity index is 1580. The highest BCUT2D eigenvalue weighted by molar-refractivity contribution is 5.99. The van der Waals surface area contributed by atoms with Crippen LogP contribution < -0.4 is 10.1 Å². The Kier molecular flexibility index (Phi) is 8.82. The summed E-state index contributed by atoms with van der Waals surface area (Å²) in [4.78, 5) is 6.97. The van der Waals surface area contributed by atoms with Crippen molar-refractivity contribution in [3.8, 4) is 17.6 Å². The van der Waals surface area contributed by atoms with E-state index >= 15 is 4.39 Å². The normalized spacial score (nSPS) is 16.3. The van der Waals surface area contributed by atoms with E-state index in [0.717, 1.165) is 18.2 Å². The van der Waals surface area contributed by atoms with E-state index < -0.39 is 17.9 Å². The van der Waals surface area contributed by atoms with Gasteiger partial charge in [0, 0.05) is 67.8 Å². The summed E-state index contributed by atoms with van der Waals surface area (Å²) in [6.45, 7) is 9.64. The zero-order valence-electron chi connectivity index (χ0n) is 24.6. The molecule has 4 nitrogen and oxygen atoms in total. The first-order valence-electron chi connectivity index (χ1n) is 14.5. The average Bonchev–Trinajstić information content (AvgIpc) is 3.79. The second-order valence-electron chi connectivity index (χ2n) is 11.3. The van der Waals surface area contributed by atoms with Gasteiger partial charge < -0.3 is 15.0 Å². The number of alkyl halides is 3. The minimum absolute atomic E-state index is 0.118. The molecule has 1 heterocycles. The van der Waals surface area contributed by atoms with Gasteiger partial charge in [-0.3, -0.25) is 0 Å². The molecule has 3 aromatic rings. The van der Waals surface area contributed by atoms with Crippen LogP contribution >= 0.6 is 0 Å². The highest BCUT2D eigenvalue weighted by Crippen LogP contribution is 2.38. The molecular weight excluding hydrogens is 554 g/mol. The number of nitrogens with one attached hydrogen (secondary N) is 1. The fraction of sp³-hybridized carbons (Fsp3) is 0.343. The van der Waals surface area contributed by atoms with Crippen molar-refractivity contribution in [2.75, 3.05) is 18.4 Å². The molecule has 3 aromatic carbocycles. The van der Waals surface area contributed by atoms with E-state index in [1.807, 2.05) is 31.2 Å². The molecule has 8 heteroatoms. The highest BCUT2D eigenvalue weighted by Gasteiger charge is 2.28. The van der Waals surface area contributed by atoms with Gasteiger partial charge in [0.15, 0.2) is 11.6 Å². The topological polar surface area (TPSA) is 36.9 Å². The highest BCUT2D eigenvalue weighted by atomic mass is 19.3. The lowest BCUT2D eigenvalue weighted by atomic mass is 10.0. The molecule has 43 heavy (non-hydrogen) atoms. The number of hydrogen-bond donors (Lipinski definition) is 1. The van der Waals surface area contributed by atoms with Crippen LogP contribution in [0.2, 0.25) is 0 Å². The van der Waals surface area contributed by atoms with Crippen LogP contribution in [0.1, 0.15) is 55.7 Å². The first-order valence-corrected chi connectivity index (χ1v) is 14.5. The summed E-state index contributed by atoms with van der Waals surface area (Å²) in [6.07, 6.45) is 0.117. The number of ether oxygens (including phenoxy) is 1. The third-order valence-electron chi connectivity index (χ3n) is 7.57. The van der Waals surface area contributed by atoms with Crippen LogP contribution in [0, 0.1) is 24.6 Å². The van der Waals surface area contributed by atoms with Crippen molar-refractivity contribution in [1.82, 2.24) is 4.90 Å². The van der Waals surface area contributed by atoms with Gasteiger partial charge in [-0.05, 0) is 49.2 Å². The van der Waals surface area contributed by atoms with Gasteiger partial charge in [-0.25, -0.2) is 22.6 Å². The van der Waals surface area contributed by atoms with Crippen molar-refractivity contribution in [2.24, 2.45) is 4.99 Å². The standard InChI is InChI=1S/C35H35F4N3O/c1-22-8-5-6-11-31(22)41-34(23(2)18-24(3)36)42-16-14-28(15-17-42)43-33-20-29(25-12-13-25)32(21-30(33)37)40-27-10-7-9-26(19-27)35(4,38)39/h5-11,19-21,24-25,28,40H,2,14-18H2,1,3-4H3. The maximum absolute atomic E-state index is 15.4. The summed E-state index contributed by atoms with van der Waals surface area (Å²) in [5.74, 6) is 2.97. The van der Waals surface area contributed by atoms with Gasteiger partial charge in [0.2, 0.25) is 0 Å². The number of amidine groups is 1. The van der Waals surface area contributed by atoms with Crippen LogP contribution in [-0.4, -0.2) is 36.1 Å². The molecule has 1 atom stereocenters. The molecule has 0 bridgehead atoms. The second kappa shape index (κ2) is 12.5. The van der Waals surface area contributed by atoms with Gasteiger partial charge in [0.05, 0.1) is 5.69 Å². The summed E-state index contributed by atoms with van der Waals surface area (Å²) in [7, 11) is 0. The van der Waals surface area contributed by atoms with E-state index in [1.54, 1.807) is 12.1 Å². The number of piperidine rings is 1. The molecule has 0 radical (unpaired) electrons.